The highest BCUT2D eigenvalue weighted by Crippen LogP contribution is 2.46. The van der Waals surface area contributed by atoms with Gasteiger partial charge in [-0.3, -0.25) is 4.79 Å². The Bertz CT molecular complexity index is 758. The molecule has 1 aromatic rings. The van der Waals surface area contributed by atoms with Crippen LogP contribution in [0, 0.1) is 22.7 Å². The highest BCUT2D eigenvalue weighted by molar-refractivity contribution is 7.80. The van der Waals surface area contributed by atoms with Crippen LogP contribution in [0.4, 0.5) is 0 Å². The number of carbonyl (C=O) groups excluding carboxylic acids is 1. The zero-order chi connectivity index (χ0) is 16.8. The first-order valence-corrected chi connectivity index (χ1v) is 8.33. The molecule has 118 valence electrons. The molecule has 1 heterocycles. The number of nitrogens with one attached hydrogen (secondary N) is 1. The molecule has 0 unspecified atom stereocenters. The average Bonchev–Trinajstić information content (AvgIpc) is 2.45. The van der Waals surface area contributed by atoms with Gasteiger partial charge in [0, 0.05) is 28.6 Å². The van der Waals surface area contributed by atoms with Gasteiger partial charge in [-0.05, 0) is 29.5 Å². The van der Waals surface area contributed by atoms with Crippen molar-refractivity contribution >= 4 is 34.6 Å². The Morgan fingerprint density at radius 2 is 1.96 bits per heavy atom. The van der Waals surface area contributed by atoms with Crippen molar-refractivity contribution in [3.8, 4) is 6.07 Å². The fourth-order valence-corrected chi connectivity index (χ4v) is 3.95. The summed E-state index contributed by atoms with van der Waals surface area (Å²) in [6.45, 7) is 4.15. The number of hydrogen-bond acceptors (Lipinski definition) is 3. The summed E-state index contributed by atoms with van der Waals surface area (Å²) in [7, 11) is 0. The lowest BCUT2D eigenvalue weighted by Gasteiger charge is -2.40. The van der Waals surface area contributed by atoms with Crippen molar-refractivity contribution in [3.63, 3.8) is 0 Å². The molecule has 2 atom stereocenters. The van der Waals surface area contributed by atoms with Crippen LogP contribution < -0.4 is 5.32 Å². The summed E-state index contributed by atoms with van der Waals surface area (Å²) in [6, 6.07) is 9.60. The highest BCUT2D eigenvalue weighted by atomic mass is 35.5. The summed E-state index contributed by atoms with van der Waals surface area (Å²) in [6.07, 6.45) is 1.25. The van der Waals surface area contributed by atoms with Crippen molar-refractivity contribution in [2.45, 2.75) is 32.6 Å². The lowest BCUT2D eigenvalue weighted by Crippen LogP contribution is -2.44. The molecular formula is C18H17ClN2OS. The molecule has 23 heavy (non-hydrogen) atoms. The second-order valence-corrected chi connectivity index (χ2v) is 7.83. The Morgan fingerprint density at radius 3 is 2.57 bits per heavy atom. The summed E-state index contributed by atoms with van der Waals surface area (Å²) in [5.74, 6) is -0.744. The monoisotopic (exact) mass is 344 g/mol. The van der Waals surface area contributed by atoms with Gasteiger partial charge in [-0.25, -0.2) is 0 Å². The first kappa shape index (κ1) is 16.2. The topological polar surface area (TPSA) is 52.9 Å². The molecule has 2 aliphatic rings. The normalized spacial score (nSPS) is 26.3. The molecule has 1 aliphatic carbocycles. The van der Waals surface area contributed by atoms with E-state index in [9.17, 15) is 10.1 Å². The summed E-state index contributed by atoms with van der Waals surface area (Å²) in [5.41, 5.74) is 2.41. The maximum absolute atomic E-state index is 12.8. The molecule has 1 N–H and O–H groups in total. The number of hydrogen-bond donors (Lipinski definition) is 1. The van der Waals surface area contributed by atoms with Gasteiger partial charge in [0.2, 0.25) is 0 Å². The molecule has 1 aromatic carbocycles. The van der Waals surface area contributed by atoms with E-state index in [0.29, 0.717) is 22.0 Å². The molecule has 0 spiro atoms. The Hall–Kier alpha value is -1.70. The molecule has 0 aromatic heterocycles. The molecule has 0 saturated heterocycles. The Morgan fingerprint density at radius 1 is 1.30 bits per heavy atom. The van der Waals surface area contributed by atoms with E-state index in [-0.39, 0.29) is 17.1 Å². The van der Waals surface area contributed by atoms with Gasteiger partial charge in [-0.1, -0.05) is 49.8 Å². The number of allylic oxidation sites excluding steroid dienone is 2. The van der Waals surface area contributed by atoms with E-state index in [1.54, 1.807) is 12.1 Å². The van der Waals surface area contributed by atoms with Crippen LogP contribution in [0.5, 0.6) is 0 Å². The molecule has 3 rings (SSSR count). The van der Waals surface area contributed by atoms with Gasteiger partial charge in [0.15, 0.2) is 5.78 Å². The Balaban J connectivity index is 2.16. The second-order valence-electron chi connectivity index (χ2n) is 6.96. The molecule has 0 saturated carbocycles. The Kier molecular flexibility index (Phi) is 4.03. The number of carbonyl (C=O) groups is 1. The predicted molar refractivity (Wildman–Crippen MR) is 94.1 cm³/mol. The number of ketones is 1. The minimum Gasteiger partial charge on any atom is -0.352 e. The summed E-state index contributed by atoms with van der Waals surface area (Å²) in [5, 5.41) is 13.4. The summed E-state index contributed by atoms with van der Waals surface area (Å²) in [4.78, 5) is 13.3. The fourth-order valence-electron chi connectivity index (χ4n) is 3.51. The first-order valence-electron chi connectivity index (χ1n) is 7.54. The van der Waals surface area contributed by atoms with Crippen LogP contribution in [0.25, 0.3) is 0 Å². The van der Waals surface area contributed by atoms with Crippen LogP contribution in [-0.2, 0) is 4.79 Å². The van der Waals surface area contributed by atoms with Crippen molar-refractivity contribution in [2.75, 3.05) is 0 Å². The average molecular weight is 345 g/mol. The van der Waals surface area contributed by atoms with Gasteiger partial charge in [0.1, 0.15) is 5.92 Å². The van der Waals surface area contributed by atoms with Gasteiger partial charge in [0.25, 0.3) is 0 Å². The lowest BCUT2D eigenvalue weighted by molar-refractivity contribution is -0.118. The minimum absolute atomic E-state index is 0.0947. The maximum atomic E-state index is 12.8. The minimum atomic E-state index is -0.532. The number of nitriles is 1. The number of nitrogens with zero attached hydrogens (tertiary/aromatic N) is 1. The molecule has 5 heteroatoms. The SMILES string of the molecule is CC1(C)CC(=O)C2=C(C1)NC(=S)[C@H](C#N)[C@@H]2c1ccc(Cl)cc1. The van der Waals surface area contributed by atoms with Gasteiger partial charge in [0.05, 0.1) is 11.1 Å². The standard InChI is InChI=1S/C18H17ClN2OS/c1-18(2)7-13-16(14(22)8-18)15(12(9-20)17(23)21-13)10-3-5-11(19)6-4-10/h3-6,12,15H,7-8H2,1-2H3,(H,21,23)/t12-,15+/m1/s1. The molecule has 0 bridgehead atoms. The highest BCUT2D eigenvalue weighted by Gasteiger charge is 2.44. The molecule has 0 amide bonds. The fraction of sp³-hybridized carbons (Fsp3) is 0.389. The second kappa shape index (κ2) is 5.74. The molecule has 0 fully saturated rings. The van der Waals surface area contributed by atoms with Crippen molar-refractivity contribution < 1.29 is 4.79 Å². The molecular weight excluding hydrogens is 328 g/mol. The van der Waals surface area contributed by atoms with Gasteiger partial charge < -0.3 is 5.32 Å². The third kappa shape index (κ3) is 2.91. The first-order chi connectivity index (χ1) is 10.8. The molecule has 1 aliphatic heterocycles. The number of thiocarbonyl (C=S) groups is 1. The third-order valence-corrected chi connectivity index (χ3v) is 5.10. The number of benzene rings is 1. The summed E-state index contributed by atoms with van der Waals surface area (Å²) >= 11 is 11.4. The third-order valence-electron chi connectivity index (χ3n) is 4.49. The largest absolute Gasteiger partial charge is 0.352 e. The van der Waals surface area contributed by atoms with E-state index in [1.807, 2.05) is 12.1 Å². The predicted octanol–water partition coefficient (Wildman–Crippen LogP) is 4.14. The zero-order valence-electron chi connectivity index (χ0n) is 13.0. The molecule has 3 nitrogen and oxygen atoms in total. The van der Waals surface area contributed by atoms with Crippen LogP contribution in [0.15, 0.2) is 35.5 Å². The number of Topliss-reactive ketones (excluding diaryl/α,β-unsaturated/α-hetero) is 1. The van der Waals surface area contributed by atoms with E-state index in [2.05, 4.69) is 25.2 Å². The van der Waals surface area contributed by atoms with Crippen LogP contribution in [-0.4, -0.2) is 10.8 Å². The quantitative estimate of drug-likeness (QED) is 0.778. The van der Waals surface area contributed by atoms with Gasteiger partial charge in [-0.2, -0.15) is 5.26 Å². The van der Waals surface area contributed by atoms with Crippen molar-refractivity contribution in [1.82, 2.24) is 5.32 Å². The smallest absolute Gasteiger partial charge is 0.161 e. The van der Waals surface area contributed by atoms with E-state index < -0.39 is 5.92 Å². The van der Waals surface area contributed by atoms with Crippen LogP contribution in [0.3, 0.4) is 0 Å². The van der Waals surface area contributed by atoms with E-state index in [4.69, 9.17) is 23.8 Å². The van der Waals surface area contributed by atoms with Crippen LogP contribution in [0.1, 0.15) is 38.2 Å². The van der Waals surface area contributed by atoms with Crippen molar-refractivity contribution in [1.29, 1.82) is 5.26 Å². The number of rotatable bonds is 1. The lowest BCUT2D eigenvalue weighted by atomic mass is 9.67. The summed E-state index contributed by atoms with van der Waals surface area (Å²) < 4.78 is 0. The maximum Gasteiger partial charge on any atom is 0.161 e. The number of halogens is 1. The van der Waals surface area contributed by atoms with E-state index in [0.717, 1.165) is 17.7 Å². The van der Waals surface area contributed by atoms with Gasteiger partial charge >= 0.3 is 0 Å². The molecule has 0 radical (unpaired) electrons. The zero-order valence-corrected chi connectivity index (χ0v) is 14.6. The van der Waals surface area contributed by atoms with E-state index in [1.165, 1.54) is 0 Å². The van der Waals surface area contributed by atoms with E-state index >= 15 is 0 Å². The van der Waals surface area contributed by atoms with Crippen molar-refractivity contribution in [3.05, 3.63) is 46.1 Å². The van der Waals surface area contributed by atoms with Gasteiger partial charge in [-0.15, -0.1) is 0 Å². The Labute approximate surface area is 146 Å². The van der Waals surface area contributed by atoms with Crippen LogP contribution in [0.2, 0.25) is 5.02 Å². The van der Waals surface area contributed by atoms with Crippen molar-refractivity contribution in [2.24, 2.45) is 11.3 Å². The van der Waals surface area contributed by atoms with Crippen LogP contribution >= 0.6 is 23.8 Å².